The van der Waals surface area contributed by atoms with Crippen LogP contribution in [0.25, 0.3) is 10.4 Å². The molecule has 0 aliphatic carbocycles. The lowest BCUT2D eigenvalue weighted by molar-refractivity contribution is -0.133. The highest BCUT2D eigenvalue weighted by atomic mass is 32.9. The first-order valence-corrected chi connectivity index (χ1v) is 16.1. The van der Waals surface area contributed by atoms with E-state index < -0.39 is 7.26 Å². The van der Waals surface area contributed by atoms with Gasteiger partial charge in [-0.15, -0.1) is 0 Å². The molecule has 5 rings (SSSR count). The van der Waals surface area contributed by atoms with Gasteiger partial charge in [-0.2, -0.15) is 0 Å². The minimum Gasteiger partial charge on any atom is -0.426 e. The van der Waals surface area contributed by atoms with Gasteiger partial charge in [0.25, 0.3) is 0 Å². The van der Waals surface area contributed by atoms with Crippen LogP contribution in [0.15, 0.2) is 121 Å². The van der Waals surface area contributed by atoms with Crippen molar-refractivity contribution in [2.24, 2.45) is 0 Å². The Morgan fingerprint density at radius 3 is 1.64 bits per heavy atom. The molecule has 0 aliphatic rings. The lowest BCUT2D eigenvalue weighted by atomic mass is 10.2. The highest BCUT2D eigenvalue weighted by molar-refractivity contribution is 7.95. The van der Waals surface area contributed by atoms with Gasteiger partial charge in [-0.25, -0.2) is 0 Å². The van der Waals surface area contributed by atoms with Gasteiger partial charge >= 0.3 is 5.97 Å². The van der Waals surface area contributed by atoms with Gasteiger partial charge in [0.15, 0.2) is 0 Å². The SMILES string of the molecule is O=C(CC[P+](c1ccccc1)(c1ccccc1)c1ccccc1)Oc1ccc(-c2cc(=S)ss2)cc1. The van der Waals surface area contributed by atoms with Crippen molar-refractivity contribution in [3.8, 4) is 16.2 Å². The van der Waals surface area contributed by atoms with Crippen molar-refractivity contribution in [3.63, 3.8) is 0 Å². The molecule has 36 heavy (non-hydrogen) atoms. The second-order valence-corrected chi connectivity index (χ2v) is 14.8. The molecule has 0 atom stereocenters. The smallest absolute Gasteiger partial charge is 0.314 e. The topological polar surface area (TPSA) is 26.3 Å². The Bertz CT molecular complexity index is 1380. The Hall–Kier alpha value is -2.95. The molecule has 178 valence electrons. The second kappa shape index (κ2) is 11.4. The highest BCUT2D eigenvalue weighted by Gasteiger charge is 2.45. The van der Waals surface area contributed by atoms with Crippen LogP contribution in [0.2, 0.25) is 0 Å². The van der Waals surface area contributed by atoms with Crippen LogP contribution in [0.4, 0.5) is 0 Å². The molecule has 0 bridgehead atoms. The van der Waals surface area contributed by atoms with Crippen LogP contribution in [0.1, 0.15) is 6.42 Å². The van der Waals surface area contributed by atoms with E-state index in [2.05, 4.69) is 72.8 Å². The predicted octanol–water partition coefficient (Wildman–Crippen LogP) is 7.50. The molecule has 1 heterocycles. The normalized spacial score (nSPS) is 11.2. The maximum Gasteiger partial charge on any atom is 0.314 e. The van der Waals surface area contributed by atoms with Crippen molar-refractivity contribution in [3.05, 3.63) is 125 Å². The van der Waals surface area contributed by atoms with E-state index >= 15 is 0 Å². The van der Waals surface area contributed by atoms with Gasteiger partial charge < -0.3 is 4.74 Å². The van der Waals surface area contributed by atoms with E-state index in [9.17, 15) is 4.79 Å². The van der Waals surface area contributed by atoms with Crippen molar-refractivity contribution in [2.75, 3.05) is 6.16 Å². The van der Waals surface area contributed by atoms with Crippen LogP contribution in [-0.4, -0.2) is 12.1 Å². The molecule has 4 aromatic carbocycles. The van der Waals surface area contributed by atoms with Crippen molar-refractivity contribution >= 4 is 62.0 Å². The average molecular weight is 544 g/mol. The van der Waals surface area contributed by atoms with E-state index in [0.717, 1.165) is 14.3 Å². The molecule has 0 unspecified atom stereocenters. The number of benzene rings is 4. The van der Waals surface area contributed by atoms with Crippen LogP contribution in [0, 0.1) is 3.82 Å². The summed E-state index contributed by atoms with van der Waals surface area (Å²) in [4.78, 5) is 14.2. The molecule has 1 aromatic heterocycles. The van der Waals surface area contributed by atoms with Gasteiger partial charge in [0.1, 0.15) is 32.7 Å². The molecular weight excluding hydrogens is 520 g/mol. The first-order valence-electron chi connectivity index (χ1n) is 11.6. The number of rotatable bonds is 8. The number of hydrogen-bond donors (Lipinski definition) is 0. The van der Waals surface area contributed by atoms with E-state index in [4.69, 9.17) is 17.0 Å². The Labute approximate surface area is 224 Å². The van der Waals surface area contributed by atoms with Crippen molar-refractivity contribution in [1.82, 2.24) is 0 Å². The monoisotopic (exact) mass is 543 g/mol. The zero-order chi connectivity index (χ0) is 24.8. The number of carbonyl (C=O) groups excluding carboxylic acids is 1. The summed E-state index contributed by atoms with van der Waals surface area (Å²) in [5, 5.41) is 3.79. The molecule has 0 saturated carbocycles. The molecular formula is C30H24O2PS3+. The number of hydrogen-bond acceptors (Lipinski definition) is 5. The summed E-state index contributed by atoms with van der Waals surface area (Å²) in [7, 11) is 1.19. The van der Waals surface area contributed by atoms with E-state index in [0.29, 0.717) is 18.3 Å². The number of esters is 1. The van der Waals surface area contributed by atoms with Crippen LogP contribution < -0.4 is 20.7 Å². The fraction of sp³-hybridized carbons (Fsp3) is 0.0667. The molecule has 0 amide bonds. The molecule has 0 aliphatic heterocycles. The van der Waals surface area contributed by atoms with Crippen LogP contribution >= 0.6 is 40.2 Å². The molecule has 0 N–H and O–H groups in total. The Morgan fingerprint density at radius 1 is 0.694 bits per heavy atom. The summed E-state index contributed by atoms with van der Waals surface area (Å²) < 4.78 is 6.66. The molecule has 2 nitrogen and oxygen atoms in total. The van der Waals surface area contributed by atoms with Crippen molar-refractivity contribution < 1.29 is 9.53 Å². The van der Waals surface area contributed by atoms with Crippen LogP contribution in [0.3, 0.4) is 0 Å². The highest BCUT2D eigenvalue weighted by Crippen LogP contribution is 2.55. The lowest BCUT2D eigenvalue weighted by Crippen LogP contribution is -2.34. The van der Waals surface area contributed by atoms with Gasteiger partial charge in [-0.3, -0.25) is 4.79 Å². The lowest BCUT2D eigenvalue weighted by Gasteiger charge is -2.27. The first-order chi connectivity index (χ1) is 17.6. The van der Waals surface area contributed by atoms with Crippen molar-refractivity contribution in [1.29, 1.82) is 0 Å². The minimum atomic E-state index is -2.07. The van der Waals surface area contributed by atoms with E-state index in [1.807, 2.05) is 48.5 Å². The second-order valence-electron chi connectivity index (χ2n) is 8.28. The maximum absolute atomic E-state index is 13.1. The third-order valence-corrected chi connectivity index (χ3v) is 13.4. The Balaban J connectivity index is 1.42. The van der Waals surface area contributed by atoms with Gasteiger partial charge in [-0.05, 0) is 72.3 Å². The summed E-state index contributed by atoms with van der Waals surface area (Å²) in [5.74, 6) is 0.340. The van der Waals surface area contributed by atoms with Gasteiger partial charge in [0.05, 0.1) is 12.6 Å². The zero-order valence-electron chi connectivity index (χ0n) is 19.4. The summed E-state index contributed by atoms with van der Waals surface area (Å²) in [6.07, 6.45) is 1.01. The predicted molar refractivity (Wildman–Crippen MR) is 159 cm³/mol. The Morgan fingerprint density at radius 2 is 1.19 bits per heavy atom. The minimum absolute atomic E-state index is 0.221. The quantitative estimate of drug-likeness (QED) is 0.0667. The number of carbonyl (C=O) groups is 1. The fourth-order valence-corrected chi connectivity index (χ4v) is 11.0. The Kier molecular flexibility index (Phi) is 7.84. The summed E-state index contributed by atoms with van der Waals surface area (Å²) in [5.41, 5.74) is 1.08. The third kappa shape index (κ3) is 5.40. The maximum atomic E-state index is 13.1. The average Bonchev–Trinajstić information content (AvgIpc) is 3.37. The van der Waals surface area contributed by atoms with E-state index in [1.165, 1.54) is 15.9 Å². The standard InChI is InChI=1S/C30H24O2PS3/c31-29(32-24-18-16-23(17-19-24)28-22-30(34)36-35-28)20-21-33(25-10-4-1-5-11-25,26-12-6-2-7-13-26)27-14-8-3-9-15-27/h1-19,22H,20-21H2/q+1. The fourth-order valence-electron chi connectivity index (χ4n) is 4.38. The van der Waals surface area contributed by atoms with E-state index in [1.54, 1.807) is 20.7 Å². The molecule has 0 fully saturated rings. The van der Waals surface area contributed by atoms with Crippen LogP contribution in [-0.2, 0) is 4.79 Å². The zero-order valence-corrected chi connectivity index (χ0v) is 22.8. The molecule has 0 radical (unpaired) electrons. The summed E-state index contributed by atoms with van der Waals surface area (Å²) >= 11 is 5.24. The van der Waals surface area contributed by atoms with E-state index in [-0.39, 0.29) is 5.97 Å². The summed E-state index contributed by atoms with van der Waals surface area (Å²) in [6, 6.07) is 41.4. The molecule has 0 saturated heterocycles. The molecule has 6 heteroatoms. The third-order valence-electron chi connectivity index (χ3n) is 6.08. The van der Waals surface area contributed by atoms with Crippen molar-refractivity contribution in [2.45, 2.75) is 6.42 Å². The molecule has 0 spiro atoms. The largest absolute Gasteiger partial charge is 0.426 e. The first kappa shape index (κ1) is 24.7. The summed E-state index contributed by atoms with van der Waals surface area (Å²) in [6.45, 7) is 0. The number of ether oxygens (including phenoxy) is 1. The van der Waals surface area contributed by atoms with Gasteiger partial charge in [-0.1, -0.05) is 87.5 Å². The van der Waals surface area contributed by atoms with Gasteiger partial charge in [0, 0.05) is 4.88 Å². The van der Waals surface area contributed by atoms with Gasteiger partial charge in [0.2, 0.25) is 0 Å². The molecule has 5 aromatic rings. The van der Waals surface area contributed by atoms with Crippen LogP contribution in [0.5, 0.6) is 5.75 Å².